The van der Waals surface area contributed by atoms with Crippen LogP contribution < -0.4 is 5.32 Å². The number of hydrogen-bond donors (Lipinski definition) is 1. The highest BCUT2D eigenvalue weighted by atomic mass is 16.5. The lowest BCUT2D eigenvalue weighted by atomic mass is 9.82. The fraction of sp³-hybridized carbons (Fsp3) is 0.391. The molecule has 5 heteroatoms. The molecule has 0 aromatic heterocycles. The van der Waals surface area contributed by atoms with Crippen molar-refractivity contribution in [2.75, 3.05) is 25.5 Å². The maximum absolute atomic E-state index is 12.7. The Balaban J connectivity index is 1.37. The first kappa shape index (κ1) is 18.5. The van der Waals surface area contributed by atoms with Crippen molar-refractivity contribution in [1.82, 2.24) is 4.90 Å². The van der Waals surface area contributed by atoms with Gasteiger partial charge in [0, 0.05) is 18.8 Å². The van der Waals surface area contributed by atoms with Crippen LogP contribution >= 0.6 is 0 Å². The van der Waals surface area contributed by atoms with Gasteiger partial charge in [-0.3, -0.25) is 0 Å². The van der Waals surface area contributed by atoms with Crippen LogP contribution in [0.4, 0.5) is 10.5 Å². The molecule has 1 saturated heterocycles. The second-order valence-electron chi connectivity index (χ2n) is 8.28. The molecule has 2 aliphatic rings. The molecule has 1 aliphatic carbocycles. The second-order valence-corrected chi connectivity index (χ2v) is 8.28. The van der Waals surface area contributed by atoms with E-state index in [1.54, 1.807) is 24.3 Å². The van der Waals surface area contributed by atoms with E-state index in [0.29, 0.717) is 23.1 Å². The van der Waals surface area contributed by atoms with E-state index in [2.05, 4.69) is 42.6 Å². The van der Waals surface area contributed by atoms with Gasteiger partial charge in [-0.1, -0.05) is 37.3 Å². The molecule has 5 nitrogen and oxygen atoms in total. The summed E-state index contributed by atoms with van der Waals surface area (Å²) in [4.78, 5) is 26.2. The number of esters is 1. The number of likely N-dealkylation sites (tertiary alicyclic amines) is 1. The first-order valence-electron chi connectivity index (χ1n) is 9.78. The lowest BCUT2D eigenvalue weighted by molar-refractivity contribution is 0.0600. The number of rotatable bonds is 3. The first-order valence-corrected chi connectivity index (χ1v) is 9.78. The lowest BCUT2D eigenvalue weighted by Crippen LogP contribution is -2.35. The van der Waals surface area contributed by atoms with Crippen LogP contribution in [0.1, 0.15) is 41.6 Å². The highest BCUT2D eigenvalue weighted by Gasteiger charge is 2.51. The predicted molar refractivity (Wildman–Crippen MR) is 108 cm³/mol. The summed E-state index contributed by atoms with van der Waals surface area (Å²) in [5.41, 5.74) is 2.74. The van der Waals surface area contributed by atoms with Gasteiger partial charge in [-0.05, 0) is 59.9 Å². The molecule has 0 radical (unpaired) electrons. The van der Waals surface area contributed by atoms with Crippen LogP contribution in [0.3, 0.4) is 0 Å². The zero-order valence-corrected chi connectivity index (χ0v) is 16.4. The Hall–Kier alpha value is -2.82. The number of ether oxygens (including phenoxy) is 1. The van der Waals surface area contributed by atoms with E-state index in [0.717, 1.165) is 25.9 Å². The van der Waals surface area contributed by atoms with Gasteiger partial charge >= 0.3 is 12.0 Å². The van der Waals surface area contributed by atoms with Crippen molar-refractivity contribution in [2.45, 2.75) is 25.7 Å². The van der Waals surface area contributed by atoms with Crippen LogP contribution in [0.25, 0.3) is 0 Å². The SMILES string of the molecule is COC(=O)c1ccc(NC(=O)N2C[C@H]3C[C@@H](c4ccccc4)C[C@@]3(C)C2)cc1. The highest BCUT2D eigenvalue weighted by Crippen LogP contribution is 2.54. The number of nitrogens with zero attached hydrogens (tertiary/aromatic N) is 1. The molecular formula is C23H26N2O3. The largest absolute Gasteiger partial charge is 0.465 e. The van der Waals surface area contributed by atoms with Gasteiger partial charge in [0.1, 0.15) is 0 Å². The van der Waals surface area contributed by atoms with Crippen molar-refractivity contribution in [3.8, 4) is 0 Å². The summed E-state index contributed by atoms with van der Waals surface area (Å²) in [7, 11) is 1.35. The van der Waals surface area contributed by atoms with Crippen molar-refractivity contribution in [3.05, 3.63) is 65.7 Å². The van der Waals surface area contributed by atoms with Gasteiger partial charge in [0.2, 0.25) is 0 Å². The molecule has 1 heterocycles. The van der Waals surface area contributed by atoms with Crippen molar-refractivity contribution in [1.29, 1.82) is 0 Å². The first-order chi connectivity index (χ1) is 13.5. The molecule has 2 aromatic carbocycles. The normalized spacial score (nSPS) is 26.0. The van der Waals surface area contributed by atoms with Crippen LogP contribution in [0, 0.1) is 11.3 Å². The Morgan fingerprint density at radius 2 is 1.82 bits per heavy atom. The van der Waals surface area contributed by atoms with Gasteiger partial charge in [-0.25, -0.2) is 9.59 Å². The standard InChI is InChI=1S/C23H26N2O3/c1-23-13-18(16-6-4-3-5-7-16)12-19(23)14-25(15-23)22(27)24-20-10-8-17(9-11-20)21(26)28-2/h3-11,18-19H,12-15H2,1-2H3,(H,24,27)/t18-,19-,23+/m1/s1. The van der Waals surface area contributed by atoms with E-state index in [4.69, 9.17) is 4.74 Å². The van der Waals surface area contributed by atoms with E-state index in [-0.39, 0.29) is 17.4 Å². The molecule has 1 aliphatic heterocycles. The van der Waals surface area contributed by atoms with Crippen LogP contribution in [-0.4, -0.2) is 37.1 Å². The number of methoxy groups -OCH3 is 1. The fourth-order valence-corrected chi connectivity index (χ4v) is 4.84. The van der Waals surface area contributed by atoms with E-state index in [1.807, 2.05) is 4.90 Å². The quantitative estimate of drug-likeness (QED) is 0.799. The molecule has 1 saturated carbocycles. The molecule has 0 spiro atoms. The molecule has 1 N–H and O–H groups in total. The van der Waals surface area contributed by atoms with Crippen LogP contribution in [0.5, 0.6) is 0 Å². The molecule has 3 atom stereocenters. The summed E-state index contributed by atoms with van der Waals surface area (Å²) in [6.07, 6.45) is 2.26. The van der Waals surface area contributed by atoms with E-state index < -0.39 is 0 Å². The van der Waals surface area contributed by atoms with Gasteiger partial charge in [0.25, 0.3) is 0 Å². The number of fused-ring (bicyclic) bond motifs is 1. The van der Waals surface area contributed by atoms with Gasteiger partial charge < -0.3 is 15.0 Å². The maximum atomic E-state index is 12.7. The van der Waals surface area contributed by atoms with Gasteiger partial charge in [0.15, 0.2) is 0 Å². The Bertz CT molecular complexity index is 865. The Morgan fingerprint density at radius 3 is 2.46 bits per heavy atom. The third kappa shape index (κ3) is 3.49. The average molecular weight is 378 g/mol. The summed E-state index contributed by atoms with van der Waals surface area (Å²) in [6, 6.07) is 17.4. The number of carbonyl (C=O) groups is 2. The van der Waals surface area contributed by atoms with E-state index >= 15 is 0 Å². The number of anilines is 1. The number of carbonyl (C=O) groups excluding carboxylic acids is 2. The van der Waals surface area contributed by atoms with Crippen molar-refractivity contribution in [2.24, 2.45) is 11.3 Å². The maximum Gasteiger partial charge on any atom is 0.337 e. The Labute approximate surface area is 165 Å². The summed E-state index contributed by atoms with van der Waals surface area (Å²) in [5.74, 6) is 0.739. The van der Waals surface area contributed by atoms with Gasteiger partial charge in [-0.15, -0.1) is 0 Å². The van der Waals surface area contributed by atoms with Crippen LogP contribution in [-0.2, 0) is 4.74 Å². The smallest absolute Gasteiger partial charge is 0.337 e. The molecule has 0 unspecified atom stereocenters. The minimum atomic E-state index is -0.383. The van der Waals surface area contributed by atoms with Crippen molar-refractivity contribution < 1.29 is 14.3 Å². The molecule has 0 bridgehead atoms. The number of benzene rings is 2. The number of hydrogen-bond acceptors (Lipinski definition) is 3. The third-order valence-corrected chi connectivity index (χ3v) is 6.38. The number of urea groups is 1. The molecule has 146 valence electrons. The number of nitrogens with one attached hydrogen (secondary N) is 1. The zero-order valence-electron chi connectivity index (χ0n) is 16.4. The third-order valence-electron chi connectivity index (χ3n) is 6.38. The number of amides is 2. The lowest BCUT2D eigenvalue weighted by Gasteiger charge is -2.24. The Morgan fingerprint density at radius 1 is 1.11 bits per heavy atom. The molecule has 2 aromatic rings. The Kier molecular flexibility index (Phi) is 4.84. The minimum absolute atomic E-state index is 0.0716. The molecular weight excluding hydrogens is 352 g/mol. The average Bonchev–Trinajstić information content (AvgIpc) is 3.20. The summed E-state index contributed by atoms with van der Waals surface area (Å²) in [5, 5.41) is 2.95. The zero-order chi connectivity index (χ0) is 19.7. The van der Waals surface area contributed by atoms with Gasteiger partial charge in [-0.2, -0.15) is 0 Å². The van der Waals surface area contributed by atoms with E-state index in [1.165, 1.54) is 12.7 Å². The van der Waals surface area contributed by atoms with E-state index in [9.17, 15) is 9.59 Å². The predicted octanol–water partition coefficient (Wildman–Crippen LogP) is 4.52. The fourth-order valence-electron chi connectivity index (χ4n) is 4.84. The van der Waals surface area contributed by atoms with Crippen LogP contribution in [0.15, 0.2) is 54.6 Å². The highest BCUT2D eigenvalue weighted by molar-refractivity contribution is 5.92. The summed E-state index contributed by atoms with van der Waals surface area (Å²) < 4.78 is 4.70. The molecule has 4 rings (SSSR count). The molecule has 2 amide bonds. The monoisotopic (exact) mass is 378 g/mol. The topological polar surface area (TPSA) is 58.6 Å². The van der Waals surface area contributed by atoms with Gasteiger partial charge in [0.05, 0.1) is 12.7 Å². The summed E-state index contributed by atoms with van der Waals surface area (Å²) in [6.45, 7) is 3.90. The summed E-state index contributed by atoms with van der Waals surface area (Å²) >= 11 is 0. The minimum Gasteiger partial charge on any atom is -0.465 e. The second kappa shape index (κ2) is 7.30. The molecule has 28 heavy (non-hydrogen) atoms. The van der Waals surface area contributed by atoms with Crippen molar-refractivity contribution in [3.63, 3.8) is 0 Å². The molecule has 2 fully saturated rings. The van der Waals surface area contributed by atoms with Crippen LogP contribution in [0.2, 0.25) is 0 Å². The van der Waals surface area contributed by atoms with Crippen molar-refractivity contribution >= 4 is 17.7 Å².